The molecule has 4 rings (SSSR count). The Labute approximate surface area is 228 Å². The highest BCUT2D eigenvalue weighted by molar-refractivity contribution is 7.92. The molecule has 0 saturated heterocycles. The van der Waals surface area contributed by atoms with E-state index in [1.807, 2.05) is 31.2 Å². The van der Waals surface area contributed by atoms with E-state index in [4.69, 9.17) is 14.5 Å². The first kappa shape index (κ1) is 30.1. The van der Waals surface area contributed by atoms with Crippen LogP contribution in [0.25, 0.3) is 16.7 Å². The van der Waals surface area contributed by atoms with Crippen LogP contribution in [0.1, 0.15) is 73.6 Å². The van der Waals surface area contributed by atoms with Crippen LogP contribution in [0.15, 0.2) is 40.4 Å². The lowest BCUT2D eigenvalue weighted by atomic mass is 10.0. The highest BCUT2D eigenvalue weighted by atomic mass is 32.2. The zero-order valence-corrected chi connectivity index (χ0v) is 24.8. The largest absolute Gasteiger partial charge is 0.437 e. The molecule has 1 saturated carbocycles. The monoisotopic (exact) mass is 561 g/mol. The number of carbonyl (C=O) groups is 1. The zero-order chi connectivity index (χ0) is 27.9. The zero-order valence-electron chi connectivity index (χ0n) is 23.0. The van der Waals surface area contributed by atoms with Crippen LogP contribution in [-0.2, 0) is 10.0 Å². The molecule has 2 N–H and O–H groups in total. The lowest BCUT2D eigenvalue weighted by Crippen LogP contribution is -2.32. The number of aliphatic hydroxyl groups excluding tert-OH is 1. The first-order valence-corrected chi connectivity index (χ1v) is 16.7. The minimum Gasteiger partial charge on any atom is -0.437 e. The minimum absolute atomic E-state index is 0.239. The Morgan fingerprint density at radius 2 is 1.97 bits per heavy atom. The van der Waals surface area contributed by atoms with Gasteiger partial charge in [0.15, 0.2) is 0 Å². The van der Waals surface area contributed by atoms with Crippen molar-refractivity contribution in [2.24, 2.45) is 0 Å². The number of allylic oxidation sites excluding steroid dienone is 6. The van der Waals surface area contributed by atoms with E-state index in [1.54, 1.807) is 14.0 Å². The van der Waals surface area contributed by atoms with Gasteiger partial charge >= 0.3 is 0 Å². The number of nitrogens with one attached hydrogen (secondary N) is 1. The van der Waals surface area contributed by atoms with Crippen LogP contribution in [-0.4, -0.2) is 63.7 Å². The summed E-state index contributed by atoms with van der Waals surface area (Å²) in [5.41, 5.74) is 3.54. The number of unbranched alkanes of at least 4 members (excludes halogenated alkanes) is 1. The third kappa shape index (κ3) is 7.33. The number of anilines is 1. The van der Waals surface area contributed by atoms with Gasteiger partial charge in [0.25, 0.3) is 5.91 Å². The van der Waals surface area contributed by atoms with Crippen molar-refractivity contribution in [3.63, 3.8) is 0 Å². The number of carbonyl (C=O) groups excluding carboxylic acids is 1. The Balaban J connectivity index is 0.00000127. The molecule has 1 atom stereocenters. The Hall–Kier alpha value is -2.48. The predicted molar refractivity (Wildman–Crippen MR) is 158 cm³/mol. The van der Waals surface area contributed by atoms with E-state index in [1.165, 1.54) is 10.6 Å². The minimum atomic E-state index is -3.54. The smallest absolute Gasteiger partial charge is 0.255 e. The van der Waals surface area contributed by atoms with Gasteiger partial charge in [0.05, 0.1) is 17.2 Å². The maximum Gasteiger partial charge on any atom is 0.255 e. The van der Waals surface area contributed by atoms with Crippen LogP contribution in [0.4, 0.5) is 5.82 Å². The second-order valence-corrected chi connectivity index (χ2v) is 12.7. The molecule has 0 bridgehead atoms. The van der Waals surface area contributed by atoms with Gasteiger partial charge in [-0.25, -0.2) is 8.42 Å². The van der Waals surface area contributed by atoms with Crippen LogP contribution >= 0.6 is 8.58 Å². The molecular formula is C28H40N3O5PS. The Kier molecular flexibility index (Phi) is 10.7. The maximum absolute atomic E-state index is 13.0. The average Bonchev–Trinajstić information content (AvgIpc) is 3.68. The number of rotatable bonds is 10. The molecule has 2 aliphatic carbocycles. The summed E-state index contributed by atoms with van der Waals surface area (Å²) < 4.78 is 33.3. The van der Waals surface area contributed by atoms with Gasteiger partial charge in [0.2, 0.25) is 15.7 Å². The summed E-state index contributed by atoms with van der Waals surface area (Å²) in [5.74, 6) is 0.884. The van der Waals surface area contributed by atoms with Crippen LogP contribution in [0, 0.1) is 0 Å². The van der Waals surface area contributed by atoms with Crippen molar-refractivity contribution in [1.29, 1.82) is 0 Å². The summed E-state index contributed by atoms with van der Waals surface area (Å²) >= 11 is 0. The molecule has 208 valence electrons. The molecule has 8 nitrogen and oxygen atoms in total. The quantitative estimate of drug-likeness (QED) is 0.304. The van der Waals surface area contributed by atoms with E-state index in [0.29, 0.717) is 29.1 Å². The van der Waals surface area contributed by atoms with Gasteiger partial charge in [-0.1, -0.05) is 29.9 Å². The first-order chi connectivity index (χ1) is 18.2. The van der Waals surface area contributed by atoms with Gasteiger partial charge in [0.1, 0.15) is 11.6 Å². The first-order valence-electron chi connectivity index (χ1n) is 13.1. The Morgan fingerprint density at radius 3 is 2.58 bits per heavy atom. The highest BCUT2D eigenvalue weighted by Gasteiger charge is 2.34. The van der Waals surface area contributed by atoms with Crippen molar-refractivity contribution in [2.75, 3.05) is 43.6 Å². The highest BCUT2D eigenvalue weighted by Crippen LogP contribution is 2.46. The van der Waals surface area contributed by atoms with Gasteiger partial charge in [-0.3, -0.25) is 9.10 Å². The summed E-state index contributed by atoms with van der Waals surface area (Å²) in [5, 5.41) is 10.9. The van der Waals surface area contributed by atoms with Crippen LogP contribution in [0.5, 0.6) is 0 Å². The van der Waals surface area contributed by atoms with Crippen molar-refractivity contribution in [2.45, 2.75) is 51.9 Å². The summed E-state index contributed by atoms with van der Waals surface area (Å²) in [6.07, 6.45) is 14.8. The molecule has 2 heterocycles. The van der Waals surface area contributed by atoms with Crippen molar-refractivity contribution < 1.29 is 22.7 Å². The number of amides is 1. The third-order valence-electron chi connectivity index (χ3n) is 6.40. The average molecular weight is 562 g/mol. The molecule has 0 aromatic carbocycles. The number of furan rings is 1. The summed E-state index contributed by atoms with van der Waals surface area (Å²) in [6, 6.07) is 1.93. The number of aromatic nitrogens is 1. The molecule has 1 unspecified atom stereocenters. The fourth-order valence-electron chi connectivity index (χ4n) is 4.36. The molecule has 0 radical (unpaired) electrons. The van der Waals surface area contributed by atoms with E-state index in [9.17, 15) is 13.2 Å². The third-order valence-corrected chi connectivity index (χ3v) is 8.41. The van der Waals surface area contributed by atoms with E-state index in [-0.39, 0.29) is 24.1 Å². The number of nitrogens with zero attached hydrogens (tertiary/aromatic N) is 2. The molecule has 0 aliphatic heterocycles. The van der Waals surface area contributed by atoms with Gasteiger partial charge in [-0.05, 0) is 76.3 Å². The van der Waals surface area contributed by atoms with Gasteiger partial charge in [-0.15, -0.1) is 8.58 Å². The van der Waals surface area contributed by atoms with E-state index in [0.717, 1.165) is 63.6 Å². The van der Waals surface area contributed by atoms with Crippen LogP contribution in [0.3, 0.4) is 0 Å². The van der Waals surface area contributed by atoms with E-state index < -0.39 is 10.0 Å². The number of sulfonamides is 1. The fraction of sp³-hybridized carbons (Fsp3) is 0.500. The van der Waals surface area contributed by atoms with Crippen LogP contribution in [0.2, 0.25) is 0 Å². The normalized spacial score (nSPS) is 15.6. The molecular weight excluding hydrogens is 521 g/mol. The number of fused-ring (bicyclic) bond motifs is 1. The SMILES string of the molecule is CCO.CNC(=O)c1c(C2=CCC=C(C)C=C2)oc2nc(N(CCCCPC)S(C)(=O)=O)c(C3CC3)cc12. The molecule has 1 fully saturated rings. The topological polar surface area (TPSA) is 113 Å². The van der Waals surface area contributed by atoms with Crippen molar-refractivity contribution in [3.8, 4) is 0 Å². The molecule has 2 aromatic heterocycles. The standard InChI is InChI=1S/C26H34N3O4PS.C2H6O/c1-17-8-7-9-19(11-10-17)23-22(25(30)27-2)21-16-20(18-12-13-18)24(28-26(21)33-23)29(35(4,31)32)14-5-6-15-34-3;1-2-3/h8-11,16,18,34H,5-7,12-15H2,1-4H3,(H,27,30);3H,2H2,1H3. The number of hydrogen-bond acceptors (Lipinski definition) is 6. The van der Waals surface area contributed by atoms with Gasteiger partial charge < -0.3 is 14.8 Å². The Bertz CT molecular complexity index is 1340. The van der Waals surface area contributed by atoms with Gasteiger partial charge in [-0.2, -0.15) is 4.98 Å². The van der Waals surface area contributed by atoms with Crippen molar-refractivity contribution in [3.05, 3.63) is 52.8 Å². The van der Waals surface area contributed by atoms with E-state index in [2.05, 4.69) is 18.1 Å². The second-order valence-electron chi connectivity index (χ2n) is 9.55. The molecule has 10 heteroatoms. The van der Waals surface area contributed by atoms with Gasteiger partial charge in [0, 0.05) is 25.8 Å². The van der Waals surface area contributed by atoms with Crippen LogP contribution < -0.4 is 9.62 Å². The van der Waals surface area contributed by atoms with Crippen molar-refractivity contribution >= 4 is 47.0 Å². The second kappa shape index (κ2) is 13.5. The molecule has 2 aromatic rings. The molecule has 2 aliphatic rings. The summed E-state index contributed by atoms with van der Waals surface area (Å²) in [4.78, 5) is 17.8. The molecule has 0 spiro atoms. The molecule has 38 heavy (non-hydrogen) atoms. The molecule has 1 amide bonds. The predicted octanol–water partition coefficient (Wildman–Crippen LogP) is 5.21. The summed E-state index contributed by atoms with van der Waals surface area (Å²) in [6.45, 7) is 6.50. The lowest BCUT2D eigenvalue weighted by molar-refractivity contribution is 0.0963. The maximum atomic E-state index is 13.0. The van der Waals surface area contributed by atoms with Crippen molar-refractivity contribution in [1.82, 2.24) is 10.3 Å². The number of hydrogen-bond donors (Lipinski definition) is 2. The number of aliphatic hydroxyl groups is 1. The summed E-state index contributed by atoms with van der Waals surface area (Å²) in [7, 11) is -1.09. The Morgan fingerprint density at radius 1 is 1.26 bits per heavy atom. The van der Waals surface area contributed by atoms with E-state index >= 15 is 0 Å². The fourth-order valence-corrected chi connectivity index (χ4v) is 5.89. The lowest BCUT2D eigenvalue weighted by Gasteiger charge is -2.23. The number of pyridine rings is 1.